The third-order valence-corrected chi connectivity index (χ3v) is 7.32. The Morgan fingerprint density at radius 1 is 1.05 bits per heavy atom. The average Bonchev–Trinajstić information content (AvgIpc) is 3.25. The van der Waals surface area contributed by atoms with E-state index in [9.17, 15) is 19.7 Å². The number of fused-ring (bicyclic) bond motifs is 1. The number of benzene rings is 2. The van der Waals surface area contributed by atoms with E-state index in [-0.39, 0.29) is 39.5 Å². The van der Waals surface area contributed by atoms with Gasteiger partial charge in [-0.25, -0.2) is 9.79 Å². The van der Waals surface area contributed by atoms with Gasteiger partial charge >= 0.3 is 5.97 Å². The number of aromatic nitrogens is 1. The van der Waals surface area contributed by atoms with E-state index in [1.165, 1.54) is 44.1 Å². The molecule has 2 aromatic carbocycles. The molecule has 13 heteroatoms. The van der Waals surface area contributed by atoms with Crippen LogP contribution in [0.2, 0.25) is 0 Å². The molecule has 2 heterocycles. The summed E-state index contributed by atoms with van der Waals surface area (Å²) in [6.07, 6.45) is 1.41. The Bertz CT molecular complexity index is 1720. The molecule has 3 aromatic rings. The lowest BCUT2D eigenvalue weighted by Gasteiger charge is -2.25. The van der Waals surface area contributed by atoms with Crippen LogP contribution in [0.3, 0.4) is 0 Å². The van der Waals surface area contributed by atoms with E-state index < -0.39 is 22.5 Å². The summed E-state index contributed by atoms with van der Waals surface area (Å²) in [5.41, 5.74) is 0.508. The molecule has 0 spiro atoms. The maximum Gasteiger partial charge on any atom is 0.338 e. The number of ether oxygens (including phenoxy) is 5. The van der Waals surface area contributed by atoms with Crippen LogP contribution in [0.25, 0.3) is 6.08 Å². The first kappa shape index (κ1) is 29.3. The fraction of sp³-hybridized carbons (Fsp3) is 0.321. The van der Waals surface area contributed by atoms with Crippen LogP contribution >= 0.6 is 11.3 Å². The maximum atomic E-state index is 14.0. The van der Waals surface area contributed by atoms with Gasteiger partial charge in [-0.2, -0.15) is 0 Å². The van der Waals surface area contributed by atoms with Crippen LogP contribution in [-0.2, 0) is 9.53 Å². The fourth-order valence-electron chi connectivity index (χ4n) is 4.54. The van der Waals surface area contributed by atoms with Gasteiger partial charge in [-0.15, -0.1) is 0 Å². The van der Waals surface area contributed by atoms with Crippen molar-refractivity contribution < 1.29 is 33.4 Å². The molecule has 1 aliphatic rings. The van der Waals surface area contributed by atoms with Crippen molar-refractivity contribution in [3.8, 4) is 23.0 Å². The number of rotatable bonds is 10. The number of nitro groups is 1. The molecule has 216 valence electrons. The van der Waals surface area contributed by atoms with Crippen LogP contribution in [-0.4, -0.2) is 50.0 Å². The van der Waals surface area contributed by atoms with Crippen molar-refractivity contribution in [3.05, 3.63) is 82.5 Å². The monoisotopic (exact) mass is 583 g/mol. The Labute approximate surface area is 238 Å². The minimum Gasteiger partial charge on any atom is -0.493 e. The van der Waals surface area contributed by atoms with Crippen molar-refractivity contribution in [1.29, 1.82) is 0 Å². The van der Waals surface area contributed by atoms with Gasteiger partial charge in [0, 0.05) is 0 Å². The Hall–Kier alpha value is -4.65. The fourth-order valence-corrected chi connectivity index (χ4v) is 5.58. The second kappa shape index (κ2) is 12.3. The number of methoxy groups -OCH3 is 3. The number of hydrogen-bond donors (Lipinski definition) is 0. The third kappa shape index (κ3) is 5.53. The maximum absolute atomic E-state index is 14.0. The molecule has 1 aromatic heterocycles. The van der Waals surface area contributed by atoms with E-state index in [1.807, 2.05) is 6.92 Å². The standard InChI is InChI=1S/C28H29N3O9S/c1-7-39-22-11-16(9-10-19(22)36-4)25-24(27(33)40-8-2)15(3)29-28-30(25)26(32)23(41-28)13-17-12-20(37-5)21(38-6)14-18(17)31(34)35/h9-14,25H,7-8H2,1-6H3/b23-13-/t25-/m0/s1. The molecule has 0 amide bonds. The summed E-state index contributed by atoms with van der Waals surface area (Å²) >= 11 is 1.04. The first-order valence-corrected chi connectivity index (χ1v) is 13.4. The van der Waals surface area contributed by atoms with Gasteiger partial charge in [0.25, 0.3) is 11.2 Å². The summed E-state index contributed by atoms with van der Waals surface area (Å²) < 4.78 is 28.6. The van der Waals surface area contributed by atoms with E-state index in [2.05, 4.69) is 4.99 Å². The summed E-state index contributed by atoms with van der Waals surface area (Å²) in [5.74, 6) is 0.752. The highest BCUT2D eigenvalue weighted by Crippen LogP contribution is 2.37. The second-order valence-electron chi connectivity index (χ2n) is 8.67. The first-order valence-electron chi connectivity index (χ1n) is 12.6. The number of hydrogen-bond acceptors (Lipinski definition) is 11. The lowest BCUT2D eigenvalue weighted by atomic mass is 9.95. The Kier molecular flexibility index (Phi) is 8.77. The van der Waals surface area contributed by atoms with Crippen molar-refractivity contribution in [2.45, 2.75) is 26.8 Å². The van der Waals surface area contributed by atoms with Gasteiger partial charge < -0.3 is 23.7 Å². The van der Waals surface area contributed by atoms with E-state index in [1.54, 1.807) is 32.0 Å². The number of allylic oxidation sites excluding steroid dienone is 1. The molecule has 0 saturated heterocycles. The molecule has 0 N–H and O–H groups in total. The summed E-state index contributed by atoms with van der Waals surface area (Å²) in [4.78, 5) is 43.3. The van der Waals surface area contributed by atoms with Gasteiger partial charge in [-0.05, 0) is 50.6 Å². The van der Waals surface area contributed by atoms with Gasteiger partial charge in [-0.3, -0.25) is 19.5 Å². The number of nitrogens with zero attached hydrogens (tertiary/aromatic N) is 3. The van der Waals surface area contributed by atoms with Crippen LogP contribution in [0, 0.1) is 10.1 Å². The predicted octanol–water partition coefficient (Wildman–Crippen LogP) is 3.13. The molecule has 0 saturated carbocycles. The molecule has 1 aliphatic heterocycles. The molecule has 0 radical (unpaired) electrons. The molecule has 0 fully saturated rings. The summed E-state index contributed by atoms with van der Waals surface area (Å²) in [6.45, 7) is 5.68. The molecule has 1 atom stereocenters. The van der Waals surface area contributed by atoms with Crippen molar-refractivity contribution in [2.24, 2.45) is 4.99 Å². The number of carbonyl (C=O) groups excluding carboxylic acids is 1. The highest BCUT2D eigenvalue weighted by atomic mass is 32.1. The Balaban J connectivity index is 2.01. The lowest BCUT2D eigenvalue weighted by Crippen LogP contribution is -2.40. The smallest absolute Gasteiger partial charge is 0.338 e. The largest absolute Gasteiger partial charge is 0.493 e. The predicted molar refractivity (Wildman–Crippen MR) is 151 cm³/mol. The van der Waals surface area contributed by atoms with Crippen molar-refractivity contribution in [1.82, 2.24) is 4.57 Å². The Morgan fingerprint density at radius 2 is 1.73 bits per heavy atom. The van der Waals surface area contributed by atoms with Gasteiger partial charge in [0.2, 0.25) is 0 Å². The summed E-state index contributed by atoms with van der Waals surface area (Å²) in [6, 6.07) is 6.90. The number of thiazole rings is 1. The minimum absolute atomic E-state index is 0.128. The summed E-state index contributed by atoms with van der Waals surface area (Å²) in [7, 11) is 4.30. The molecule has 0 aliphatic carbocycles. The second-order valence-corrected chi connectivity index (χ2v) is 9.68. The SMILES string of the molecule is CCOC(=O)C1=C(C)N=c2s/c(=C\c3cc(OC)c(OC)cc3[N+](=O)[O-])c(=O)n2[C@H]1c1ccc(OC)c(OCC)c1. The van der Waals surface area contributed by atoms with E-state index in [0.29, 0.717) is 34.2 Å². The van der Waals surface area contributed by atoms with Crippen molar-refractivity contribution in [2.75, 3.05) is 34.5 Å². The molecule has 0 unspecified atom stereocenters. The van der Waals surface area contributed by atoms with Crippen LogP contribution in [0.1, 0.15) is 37.9 Å². The van der Waals surface area contributed by atoms with Crippen molar-refractivity contribution >= 4 is 29.1 Å². The number of carbonyl (C=O) groups is 1. The molecule has 4 rings (SSSR count). The van der Waals surface area contributed by atoms with E-state index in [0.717, 1.165) is 11.3 Å². The third-order valence-electron chi connectivity index (χ3n) is 6.34. The highest BCUT2D eigenvalue weighted by Gasteiger charge is 2.34. The van der Waals surface area contributed by atoms with E-state index >= 15 is 0 Å². The number of esters is 1. The zero-order valence-electron chi connectivity index (χ0n) is 23.4. The molecule has 41 heavy (non-hydrogen) atoms. The quantitative estimate of drug-likeness (QED) is 0.200. The highest BCUT2D eigenvalue weighted by molar-refractivity contribution is 7.07. The zero-order chi connectivity index (χ0) is 29.8. The van der Waals surface area contributed by atoms with Gasteiger partial charge in [-0.1, -0.05) is 17.4 Å². The van der Waals surface area contributed by atoms with Crippen LogP contribution < -0.4 is 33.8 Å². The molecule has 12 nitrogen and oxygen atoms in total. The van der Waals surface area contributed by atoms with Gasteiger partial charge in [0.1, 0.15) is 0 Å². The molecule has 0 bridgehead atoms. The van der Waals surface area contributed by atoms with Crippen LogP contribution in [0.4, 0.5) is 5.69 Å². The number of nitro benzene ring substituents is 1. The van der Waals surface area contributed by atoms with E-state index in [4.69, 9.17) is 23.7 Å². The average molecular weight is 584 g/mol. The van der Waals surface area contributed by atoms with Gasteiger partial charge in [0.05, 0.1) is 72.9 Å². The first-order chi connectivity index (χ1) is 19.7. The normalized spacial score (nSPS) is 14.7. The van der Waals surface area contributed by atoms with Gasteiger partial charge in [0.15, 0.2) is 27.8 Å². The Morgan fingerprint density at radius 3 is 2.34 bits per heavy atom. The minimum atomic E-state index is -0.905. The molecular formula is C28H29N3O9S. The zero-order valence-corrected chi connectivity index (χ0v) is 24.2. The van der Waals surface area contributed by atoms with Crippen molar-refractivity contribution in [3.63, 3.8) is 0 Å². The van der Waals surface area contributed by atoms with Crippen LogP contribution in [0.5, 0.6) is 23.0 Å². The lowest BCUT2D eigenvalue weighted by molar-refractivity contribution is -0.385. The molecular weight excluding hydrogens is 554 g/mol. The topological polar surface area (TPSA) is 141 Å². The summed E-state index contributed by atoms with van der Waals surface area (Å²) in [5, 5.41) is 11.9. The van der Waals surface area contributed by atoms with Crippen LogP contribution in [0.15, 0.2) is 51.4 Å².